The molecule has 0 aliphatic heterocycles. The van der Waals surface area contributed by atoms with Crippen LogP contribution in [0.1, 0.15) is 19.3 Å². The molecule has 1 aliphatic carbocycles. The number of aromatic nitrogens is 2. The van der Waals surface area contributed by atoms with Crippen LogP contribution in [0, 0.1) is 5.92 Å². The average Bonchev–Trinajstić information content (AvgIpc) is 2.79. The molecule has 5 nitrogen and oxygen atoms in total. The number of halogens is 4. The van der Waals surface area contributed by atoms with Crippen LogP contribution < -0.4 is 10.9 Å². The van der Waals surface area contributed by atoms with E-state index >= 15 is 0 Å². The monoisotopic (exact) mass is 369 g/mol. The highest BCUT2D eigenvalue weighted by atomic mass is 79.9. The first kappa shape index (κ1) is 16.3. The Bertz CT molecular complexity index is 562. The van der Waals surface area contributed by atoms with Gasteiger partial charge in [0.1, 0.15) is 11.0 Å². The molecular formula is C12H15BrF3N3O2. The van der Waals surface area contributed by atoms with Gasteiger partial charge in [-0.15, -0.1) is 0 Å². The van der Waals surface area contributed by atoms with Crippen molar-refractivity contribution in [3.63, 3.8) is 0 Å². The van der Waals surface area contributed by atoms with Crippen molar-refractivity contribution in [3.05, 3.63) is 21.0 Å². The van der Waals surface area contributed by atoms with Gasteiger partial charge in [0.25, 0.3) is 5.56 Å². The third-order valence-corrected chi connectivity index (χ3v) is 4.18. The van der Waals surface area contributed by atoms with Crippen LogP contribution in [0.4, 0.5) is 18.9 Å². The molecule has 1 aliphatic rings. The number of rotatable bonds is 4. The van der Waals surface area contributed by atoms with E-state index in [2.05, 4.69) is 26.3 Å². The zero-order valence-corrected chi connectivity index (χ0v) is 12.6. The Morgan fingerprint density at radius 2 is 2.19 bits per heavy atom. The van der Waals surface area contributed by atoms with Crippen LogP contribution in [-0.2, 0) is 6.54 Å². The molecular weight excluding hydrogens is 355 g/mol. The highest BCUT2D eigenvalue weighted by Gasteiger charge is 2.30. The summed E-state index contributed by atoms with van der Waals surface area (Å²) in [6.07, 6.45) is -1.28. The van der Waals surface area contributed by atoms with Crippen LogP contribution in [0.3, 0.4) is 0 Å². The van der Waals surface area contributed by atoms with Gasteiger partial charge in [-0.25, -0.2) is 4.68 Å². The van der Waals surface area contributed by atoms with E-state index in [-0.39, 0.29) is 16.5 Å². The summed E-state index contributed by atoms with van der Waals surface area (Å²) in [4.78, 5) is 11.8. The second-order valence-corrected chi connectivity index (χ2v) is 5.96. The van der Waals surface area contributed by atoms with Crippen molar-refractivity contribution >= 4 is 21.6 Å². The Kier molecular flexibility index (Phi) is 4.92. The smallest absolute Gasteiger partial charge is 0.393 e. The molecule has 118 valence electrons. The van der Waals surface area contributed by atoms with E-state index < -0.39 is 18.3 Å². The lowest BCUT2D eigenvalue weighted by molar-refractivity contribution is -0.143. The van der Waals surface area contributed by atoms with Crippen LogP contribution in [0.5, 0.6) is 0 Å². The average molecular weight is 370 g/mol. The summed E-state index contributed by atoms with van der Waals surface area (Å²) in [5.74, 6) is 0.282. The van der Waals surface area contributed by atoms with Crippen molar-refractivity contribution in [1.29, 1.82) is 0 Å². The van der Waals surface area contributed by atoms with Gasteiger partial charge in [-0.1, -0.05) is 0 Å². The predicted molar refractivity (Wildman–Crippen MR) is 74.1 cm³/mol. The Morgan fingerprint density at radius 3 is 2.76 bits per heavy atom. The fourth-order valence-electron chi connectivity index (χ4n) is 2.36. The standard InChI is InChI=1S/C12H15BrF3N3O2/c13-10-9(17-4-7-1-2-8(20)3-7)5-18-19(11(10)21)6-12(14,15)16/h5,7-8,17,20H,1-4,6H2. The van der Waals surface area contributed by atoms with Crippen molar-refractivity contribution in [2.45, 2.75) is 38.1 Å². The van der Waals surface area contributed by atoms with Crippen LogP contribution in [0.15, 0.2) is 15.5 Å². The molecule has 1 fully saturated rings. The van der Waals surface area contributed by atoms with E-state index in [0.717, 1.165) is 12.8 Å². The van der Waals surface area contributed by atoms with E-state index in [1.807, 2.05) is 0 Å². The number of nitrogens with zero attached hydrogens (tertiary/aromatic N) is 2. The van der Waals surface area contributed by atoms with E-state index in [4.69, 9.17) is 0 Å². The maximum atomic E-state index is 12.3. The van der Waals surface area contributed by atoms with Gasteiger partial charge in [0.05, 0.1) is 18.0 Å². The minimum absolute atomic E-state index is 0.0281. The highest BCUT2D eigenvalue weighted by molar-refractivity contribution is 9.10. The molecule has 0 aromatic carbocycles. The Hall–Kier alpha value is -1.09. The van der Waals surface area contributed by atoms with Crippen molar-refractivity contribution in [3.8, 4) is 0 Å². The van der Waals surface area contributed by atoms with Gasteiger partial charge in [-0.05, 0) is 41.1 Å². The van der Waals surface area contributed by atoms with Gasteiger partial charge >= 0.3 is 6.18 Å². The third-order valence-electron chi connectivity index (χ3n) is 3.41. The van der Waals surface area contributed by atoms with Gasteiger partial charge in [-0.3, -0.25) is 4.79 Å². The normalized spacial score (nSPS) is 22.5. The first-order chi connectivity index (χ1) is 9.76. The molecule has 2 N–H and O–H groups in total. The Morgan fingerprint density at radius 1 is 1.48 bits per heavy atom. The molecule has 0 amide bonds. The number of alkyl halides is 3. The largest absolute Gasteiger partial charge is 0.408 e. The summed E-state index contributed by atoms with van der Waals surface area (Å²) < 4.78 is 37.3. The highest BCUT2D eigenvalue weighted by Crippen LogP contribution is 2.26. The van der Waals surface area contributed by atoms with Gasteiger partial charge in [0.15, 0.2) is 0 Å². The molecule has 1 saturated carbocycles. The molecule has 0 radical (unpaired) electrons. The summed E-state index contributed by atoms with van der Waals surface area (Å²) in [5.41, 5.74) is -0.469. The SMILES string of the molecule is O=c1c(Br)c(NCC2CCC(O)C2)cnn1CC(F)(F)F. The zero-order chi connectivity index (χ0) is 15.6. The van der Waals surface area contributed by atoms with E-state index in [1.54, 1.807) is 0 Å². The number of aliphatic hydroxyl groups excluding tert-OH is 1. The summed E-state index contributed by atoms with van der Waals surface area (Å²) in [7, 11) is 0. The number of hydrogen-bond donors (Lipinski definition) is 2. The molecule has 1 aromatic heterocycles. The molecule has 0 saturated heterocycles. The Balaban J connectivity index is 2.05. The number of anilines is 1. The second-order valence-electron chi connectivity index (χ2n) is 5.16. The molecule has 0 spiro atoms. The minimum Gasteiger partial charge on any atom is -0.393 e. The zero-order valence-electron chi connectivity index (χ0n) is 11.0. The molecule has 2 unspecified atom stereocenters. The van der Waals surface area contributed by atoms with Crippen molar-refractivity contribution in [2.24, 2.45) is 5.92 Å². The second kappa shape index (κ2) is 6.35. The molecule has 1 aromatic rings. The lowest BCUT2D eigenvalue weighted by Gasteiger charge is -2.14. The summed E-state index contributed by atoms with van der Waals surface area (Å²) >= 11 is 3.01. The minimum atomic E-state index is -4.49. The molecule has 0 bridgehead atoms. The molecule has 2 atom stereocenters. The lowest BCUT2D eigenvalue weighted by Crippen LogP contribution is -2.31. The maximum Gasteiger partial charge on any atom is 0.408 e. The molecule has 2 rings (SSSR count). The van der Waals surface area contributed by atoms with Crippen LogP contribution in [-0.4, -0.2) is 33.7 Å². The topological polar surface area (TPSA) is 67.2 Å². The first-order valence-corrected chi connectivity index (χ1v) is 7.30. The van der Waals surface area contributed by atoms with Crippen molar-refractivity contribution in [1.82, 2.24) is 9.78 Å². The quantitative estimate of drug-likeness (QED) is 0.853. The van der Waals surface area contributed by atoms with Crippen LogP contribution >= 0.6 is 15.9 Å². The van der Waals surface area contributed by atoms with Gasteiger partial charge < -0.3 is 10.4 Å². The van der Waals surface area contributed by atoms with E-state index in [9.17, 15) is 23.1 Å². The van der Waals surface area contributed by atoms with Gasteiger partial charge in [0.2, 0.25) is 0 Å². The van der Waals surface area contributed by atoms with Crippen LogP contribution in [0.2, 0.25) is 0 Å². The number of nitrogens with one attached hydrogen (secondary N) is 1. The third kappa shape index (κ3) is 4.44. The van der Waals surface area contributed by atoms with E-state index in [1.165, 1.54) is 6.20 Å². The molecule has 21 heavy (non-hydrogen) atoms. The summed E-state index contributed by atoms with van der Waals surface area (Å²) in [5, 5.41) is 15.9. The fourth-order valence-corrected chi connectivity index (χ4v) is 2.81. The first-order valence-electron chi connectivity index (χ1n) is 6.50. The molecule has 1 heterocycles. The lowest BCUT2D eigenvalue weighted by atomic mass is 10.1. The van der Waals surface area contributed by atoms with Gasteiger partial charge in [0, 0.05) is 6.54 Å². The maximum absolute atomic E-state index is 12.3. The molecule has 9 heteroatoms. The fraction of sp³-hybridized carbons (Fsp3) is 0.667. The van der Waals surface area contributed by atoms with Crippen molar-refractivity contribution in [2.75, 3.05) is 11.9 Å². The van der Waals surface area contributed by atoms with Gasteiger partial charge in [-0.2, -0.15) is 18.3 Å². The number of hydrogen-bond acceptors (Lipinski definition) is 4. The Labute approximate surface area is 127 Å². The predicted octanol–water partition coefficient (Wildman–Crippen LogP) is 2.14. The summed E-state index contributed by atoms with van der Waals surface area (Å²) in [6, 6.07) is 0. The number of aliphatic hydroxyl groups is 1. The van der Waals surface area contributed by atoms with Crippen molar-refractivity contribution < 1.29 is 18.3 Å². The van der Waals surface area contributed by atoms with E-state index in [0.29, 0.717) is 23.3 Å². The summed E-state index contributed by atoms with van der Waals surface area (Å²) in [6.45, 7) is -0.875. The van der Waals surface area contributed by atoms with Crippen LogP contribution in [0.25, 0.3) is 0 Å².